The summed E-state index contributed by atoms with van der Waals surface area (Å²) in [6.07, 6.45) is 17.6. The van der Waals surface area contributed by atoms with Crippen LogP contribution in [-0.4, -0.2) is 88.8 Å². The SMILES string of the molecule is CC.CC.CC.ClCCCCCc1c[nH]c2ccccc12.O=c1ccccn1-c1ccc(N2CCN(CCCCCc3c[nH]c4ccccc34)CC2)cc1.O=c1ccccn1-c1ccc(N2CCNCC2)cc1. The quantitative estimate of drug-likeness (QED) is 0.0699. The van der Waals surface area contributed by atoms with Gasteiger partial charge in [-0.15, -0.1) is 11.6 Å². The number of hydrogen-bond donors (Lipinski definition) is 3. The molecule has 2 fully saturated rings. The molecule has 2 saturated heterocycles. The Bertz CT molecular complexity index is 2830. The largest absolute Gasteiger partial charge is 0.369 e. The molecular formula is C62H83ClN8O2. The number of aromatic nitrogens is 4. The second kappa shape index (κ2) is 32.7. The van der Waals surface area contributed by atoms with E-state index in [9.17, 15) is 9.59 Å². The number of nitrogens with one attached hydrogen (secondary N) is 3. The average molecular weight is 1010 g/mol. The molecule has 0 unspecified atom stereocenters. The summed E-state index contributed by atoms with van der Waals surface area (Å²) >= 11 is 5.65. The van der Waals surface area contributed by atoms with Crippen molar-refractivity contribution in [3.05, 3.63) is 190 Å². The van der Waals surface area contributed by atoms with E-state index in [4.69, 9.17) is 11.6 Å². The van der Waals surface area contributed by atoms with Crippen molar-refractivity contribution < 1.29 is 0 Å². The van der Waals surface area contributed by atoms with Crippen LogP contribution in [-0.2, 0) is 12.8 Å². The summed E-state index contributed by atoms with van der Waals surface area (Å²) in [5, 5.41) is 6.08. The van der Waals surface area contributed by atoms with Gasteiger partial charge in [-0.1, -0.05) is 103 Å². The molecule has 73 heavy (non-hydrogen) atoms. The molecule has 0 saturated carbocycles. The summed E-state index contributed by atoms with van der Waals surface area (Å²) in [4.78, 5) is 37.9. The van der Waals surface area contributed by atoms with Gasteiger partial charge in [-0.05, 0) is 129 Å². The van der Waals surface area contributed by atoms with Crippen LogP contribution in [0.5, 0.6) is 0 Å². The van der Waals surface area contributed by atoms with Gasteiger partial charge in [-0.25, -0.2) is 0 Å². The van der Waals surface area contributed by atoms with Gasteiger partial charge in [-0.2, -0.15) is 0 Å². The minimum atomic E-state index is -0.00239. The van der Waals surface area contributed by atoms with Crippen molar-refractivity contribution in [1.82, 2.24) is 29.3 Å². The summed E-state index contributed by atoms with van der Waals surface area (Å²) in [5.74, 6) is 0.786. The lowest BCUT2D eigenvalue weighted by atomic mass is 10.1. The Morgan fingerprint density at radius 2 is 0.849 bits per heavy atom. The average Bonchev–Trinajstić information content (AvgIpc) is 4.09. The molecule has 4 aromatic heterocycles. The third-order valence-corrected chi connectivity index (χ3v) is 13.2. The zero-order valence-electron chi connectivity index (χ0n) is 44.7. The standard InChI is InChI=1S/C28H32N4O.C15H17N3O.C13H16ClN.3C2H6/c33-28-11-5-7-17-32(28)25-14-12-24(13-15-25)31-20-18-30(19-21-31)16-6-1-2-8-23-22-29-27-10-4-3-9-26(23)27;19-15-3-1-2-10-18(15)14-6-4-13(5-7-14)17-11-8-16-9-12-17;14-9-5-1-2-6-11-10-15-13-8-4-3-7-12(11)13;3*1-2/h3-5,7,9-15,17,22,29H,1-2,6,8,16,18-21H2;1-7,10,16H,8-9,11-12H2;3-4,7-8,10,15H,1-2,5-6,9H2;3*1-2H3. The molecule has 4 aromatic carbocycles. The number of aromatic amines is 2. The number of unbranched alkanes of at least 4 members (excludes halogenated alkanes) is 4. The first kappa shape index (κ1) is 57.6. The van der Waals surface area contributed by atoms with Crippen LogP contribution in [0.15, 0.2) is 168 Å². The van der Waals surface area contributed by atoms with Crippen LogP contribution in [0.3, 0.4) is 0 Å². The molecule has 0 spiro atoms. The maximum atomic E-state index is 12.0. The smallest absolute Gasteiger partial charge is 0.255 e. The normalized spacial score (nSPS) is 13.2. The first-order valence-corrected chi connectivity index (χ1v) is 27.7. The van der Waals surface area contributed by atoms with Gasteiger partial charge in [0.25, 0.3) is 11.1 Å². The van der Waals surface area contributed by atoms with Gasteiger partial charge < -0.3 is 25.1 Å². The van der Waals surface area contributed by atoms with Crippen LogP contribution in [0.25, 0.3) is 33.2 Å². The lowest BCUT2D eigenvalue weighted by Gasteiger charge is -2.36. The molecule has 0 atom stereocenters. The second-order valence-electron chi connectivity index (χ2n) is 17.4. The summed E-state index contributed by atoms with van der Waals surface area (Å²) in [5.41, 5.74) is 9.63. The minimum absolute atomic E-state index is 0.000291. The van der Waals surface area contributed by atoms with Crippen LogP contribution >= 0.6 is 11.6 Å². The van der Waals surface area contributed by atoms with Crippen molar-refractivity contribution in [3.8, 4) is 11.4 Å². The van der Waals surface area contributed by atoms with E-state index < -0.39 is 0 Å². The molecule has 0 bridgehead atoms. The van der Waals surface area contributed by atoms with E-state index in [-0.39, 0.29) is 11.1 Å². The van der Waals surface area contributed by atoms with Crippen molar-refractivity contribution >= 4 is 44.8 Å². The lowest BCUT2D eigenvalue weighted by Crippen LogP contribution is -2.46. The number of aryl methyl sites for hydroxylation is 2. The maximum Gasteiger partial charge on any atom is 0.255 e. The van der Waals surface area contributed by atoms with Crippen molar-refractivity contribution in [3.63, 3.8) is 0 Å². The number of rotatable bonds is 15. The van der Waals surface area contributed by atoms with E-state index in [1.807, 2.05) is 84.1 Å². The monoisotopic (exact) mass is 1010 g/mol. The molecule has 2 aliphatic heterocycles. The summed E-state index contributed by atoms with van der Waals surface area (Å²) in [6.45, 7) is 21.7. The highest BCUT2D eigenvalue weighted by Crippen LogP contribution is 2.23. The number of anilines is 2. The molecule has 3 N–H and O–H groups in total. The summed E-state index contributed by atoms with van der Waals surface area (Å²) in [6, 6.07) is 44.0. The van der Waals surface area contributed by atoms with Gasteiger partial charge in [0.15, 0.2) is 0 Å². The topological polar surface area (TPSA) is 97.3 Å². The number of halogens is 1. The highest BCUT2D eigenvalue weighted by molar-refractivity contribution is 6.17. The van der Waals surface area contributed by atoms with Gasteiger partial charge in [0, 0.05) is 140 Å². The third-order valence-electron chi connectivity index (χ3n) is 13.0. The van der Waals surface area contributed by atoms with Crippen molar-refractivity contribution in [2.75, 3.05) is 74.6 Å². The number of piperazine rings is 2. The number of pyridine rings is 2. The van der Waals surface area contributed by atoms with Crippen LogP contribution in [0.4, 0.5) is 11.4 Å². The molecule has 10 rings (SSSR count). The molecule has 0 aliphatic carbocycles. The molecular weight excluding hydrogens is 924 g/mol. The van der Waals surface area contributed by atoms with Gasteiger partial charge in [0.05, 0.1) is 0 Å². The van der Waals surface area contributed by atoms with E-state index >= 15 is 0 Å². The Morgan fingerprint density at radius 1 is 0.438 bits per heavy atom. The Balaban J connectivity index is 0.000000209. The van der Waals surface area contributed by atoms with Crippen LogP contribution in [0, 0.1) is 0 Å². The molecule has 2 aliphatic rings. The Labute approximate surface area is 441 Å². The molecule has 8 aromatic rings. The third kappa shape index (κ3) is 17.4. The fraction of sp³-hybridized carbons (Fsp3) is 0.387. The van der Waals surface area contributed by atoms with E-state index in [0.717, 1.165) is 88.9 Å². The first-order chi connectivity index (χ1) is 36.0. The molecule has 390 valence electrons. The van der Waals surface area contributed by atoms with Gasteiger partial charge in [0.1, 0.15) is 0 Å². The predicted octanol–water partition coefficient (Wildman–Crippen LogP) is 13.3. The van der Waals surface area contributed by atoms with Crippen molar-refractivity contribution in [2.45, 2.75) is 92.9 Å². The molecule has 6 heterocycles. The van der Waals surface area contributed by atoms with Gasteiger partial charge >= 0.3 is 0 Å². The molecule has 0 amide bonds. The van der Waals surface area contributed by atoms with E-state index in [2.05, 4.69) is 115 Å². The van der Waals surface area contributed by atoms with E-state index in [1.54, 1.807) is 39.6 Å². The fourth-order valence-electron chi connectivity index (χ4n) is 9.17. The minimum Gasteiger partial charge on any atom is -0.369 e. The highest BCUT2D eigenvalue weighted by Gasteiger charge is 2.17. The van der Waals surface area contributed by atoms with Gasteiger partial charge in [-0.3, -0.25) is 23.6 Å². The van der Waals surface area contributed by atoms with Crippen molar-refractivity contribution in [1.29, 1.82) is 0 Å². The first-order valence-electron chi connectivity index (χ1n) is 27.2. The number of nitrogens with zero attached hydrogens (tertiary/aromatic N) is 5. The zero-order chi connectivity index (χ0) is 52.0. The van der Waals surface area contributed by atoms with Crippen LogP contribution in [0.2, 0.25) is 0 Å². The van der Waals surface area contributed by atoms with Crippen molar-refractivity contribution in [2.24, 2.45) is 0 Å². The van der Waals surface area contributed by atoms with Gasteiger partial charge in [0.2, 0.25) is 0 Å². The Hall–Kier alpha value is -6.33. The Kier molecular flexibility index (Phi) is 25.8. The van der Waals surface area contributed by atoms with Crippen LogP contribution in [0.1, 0.15) is 91.2 Å². The number of H-pyrrole nitrogens is 2. The fourth-order valence-corrected chi connectivity index (χ4v) is 9.36. The zero-order valence-corrected chi connectivity index (χ0v) is 45.4. The summed E-state index contributed by atoms with van der Waals surface area (Å²) in [7, 11) is 0. The van der Waals surface area contributed by atoms with E-state index in [1.165, 1.54) is 83.0 Å². The molecule has 0 radical (unpaired) electrons. The Morgan fingerprint density at radius 3 is 1.30 bits per heavy atom. The predicted molar refractivity (Wildman–Crippen MR) is 314 cm³/mol. The van der Waals surface area contributed by atoms with E-state index in [0.29, 0.717) is 0 Å². The highest BCUT2D eigenvalue weighted by atomic mass is 35.5. The number of hydrogen-bond acceptors (Lipinski definition) is 6. The lowest BCUT2D eigenvalue weighted by molar-refractivity contribution is 0.252. The number of para-hydroxylation sites is 2. The molecule has 10 nitrogen and oxygen atoms in total. The van der Waals surface area contributed by atoms with Crippen LogP contribution < -0.4 is 26.2 Å². The maximum absolute atomic E-state index is 12.0. The number of alkyl halides is 1. The number of fused-ring (bicyclic) bond motifs is 2. The molecule has 11 heteroatoms. The summed E-state index contributed by atoms with van der Waals surface area (Å²) < 4.78 is 3.34. The number of benzene rings is 4. The second-order valence-corrected chi connectivity index (χ2v) is 17.8.